The van der Waals surface area contributed by atoms with Gasteiger partial charge in [-0.1, -0.05) is 19.4 Å². The van der Waals surface area contributed by atoms with E-state index >= 15 is 0 Å². The molecule has 25 heavy (non-hydrogen) atoms. The number of fused-ring (bicyclic) bond motifs is 5. The standard InChI is InChI=1S/C21H28O4/c1-12(22)21(25)9-7-16-15-5-4-13-10-14(23)6-8-19(13,2)18(15)17(24)11-20(16,21)3/h10,15-16,18,25H,4-9,11H2,1-3H3/t15-,16-,18+,19-,20-,21-/m0/s1/i1D3,4D2,6D2,10D,18D. The highest BCUT2D eigenvalue weighted by molar-refractivity contribution is 5.94. The van der Waals surface area contributed by atoms with Gasteiger partial charge in [-0.15, -0.1) is 0 Å². The molecule has 136 valence electrons. The van der Waals surface area contributed by atoms with Crippen LogP contribution in [0.5, 0.6) is 0 Å². The molecule has 0 aromatic carbocycles. The van der Waals surface area contributed by atoms with Gasteiger partial charge in [-0.3, -0.25) is 14.4 Å². The van der Waals surface area contributed by atoms with Gasteiger partial charge in [0.1, 0.15) is 11.4 Å². The van der Waals surface area contributed by atoms with Crippen LogP contribution in [0.4, 0.5) is 0 Å². The van der Waals surface area contributed by atoms with Crippen LogP contribution >= 0.6 is 0 Å². The third-order valence-corrected chi connectivity index (χ3v) is 7.13. The Bertz CT molecular complexity index is 1050. The second-order valence-corrected chi connectivity index (χ2v) is 8.27. The fourth-order valence-corrected chi connectivity index (χ4v) is 5.69. The van der Waals surface area contributed by atoms with Crippen molar-refractivity contribution in [3.63, 3.8) is 0 Å². The zero-order valence-corrected chi connectivity index (χ0v) is 14.4. The molecule has 0 aromatic heterocycles. The molecule has 4 nitrogen and oxygen atoms in total. The molecular formula is C21H28O4. The molecule has 0 spiro atoms. The summed E-state index contributed by atoms with van der Waals surface area (Å²) in [6.45, 7) is -0.323. The van der Waals surface area contributed by atoms with Gasteiger partial charge < -0.3 is 5.11 Å². The minimum Gasteiger partial charge on any atom is -0.381 e. The summed E-state index contributed by atoms with van der Waals surface area (Å²) in [4.78, 5) is 39.1. The number of ketones is 3. The van der Waals surface area contributed by atoms with E-state index in [1.807, 2.05) is 0 Å². The Morgan fingerprint density at radius 2 is 2.12 bits per heavy atom. The second-order valence-electron chi connectivity index (χ2n) is 8.27. The molecule has 0 bridgehead atoms. The van der Waals surface area contributed by atoms with Crippen LogP contribution in [0, 0.1) is 28.6 Å². The quantitative estimate of drug-likeness (QED) is 0.786. The van der Waals surface area contributed by atoms with Crippen molar-refractivity contribution in [1.82, 2.24) is 0 Å². The van der Waals surface area contributed by atoms with E-state index in [2.05, 4.69) is 0 Å². The molecule has 0 amide bonds. The van der Waals surface area contributed by atoms with Gasteiger partial charge in [0.05, 0.1) is 1.37 Å². The van der Waals surface area contributed by atoms with E-state index in [0.29, 0.717) is 0 Å². The molecule has 4 heteroatoms. The summed E-state index contributed by atoms with van der Waals surface area (Å²) < 4.78 is 74.0. The Labute approximate surface area is 161 Å². The molecule has 0 radical (unpaired) electrons. The first-order chi connectivity index (χ1) is 15.1. The number of Topliss-reactive ketones (excluding diaryl/α,β-unsaturated/α-hetero) is 2. The number of rotatable bonds is 1. The van der Waals surface area contributed by atoms with Crippen molar-refractivity contribution >= 4 is 17.3 Å². The number of allylic oxidation sites excluding steroid dienone is 1. The second kappa shape index (κ2) is 5.12. The van der Waals surface area contributed by atoms with Gasteiger partial charge in [-0.25, -0.2) is 0 Å². The highest BCUT2D eigenvalue weighted by Gasteiger charge is 2.67. The molecule has 4 rings (SSSR count). The highest BCUT2D eigenvalue weighted by atomic mass is 16.3. The summed E-state index contributed by atoms with van der Waals surface area (Å²) in [7, 11) is 0. The minimum absolute atomic E-state index is 0.0815. The molecule has 4 aliphatic carbocycles. The third-order valence-electron chi connectivity index (χ3n) is 7.13. The van der Waals surface area contributed by atoms with Crippen molar-refractivity contribution in [2.24, 2.45) is 28.6 Å². The number of aliphatic hydroxyl groups is 1. The summed E-state index contributed by atoms with van der Waals surface area (Å²) in [5.41, 5.74) is -6.08. The van der Waals surface area contributed by atoms with Crippen LogP contribution in [0.2, 0.25) is 0 Å². The van der Waals surface area contributed by atoms with Gasteiger partial charge >= 0.3 is 0 Å². The van der Waals surface area contributed by atoms with Gasteiger partial charge in [0, 0.05) is 35.1 Å². The van der Waals surface area contributed by atoms with Gasteiger partial charge in [-0.05, 0) is 62.2 Å². The van der Waals surface area contributed by atoms with Crippen molar-refractivity contribution in [2.45, 2.75) is 71.2 Å². The van der Waals surface area contributed by atoms with E-state index in [4.69, 9.17) is 11.0 Å². The third kappa shape index (κ3) is 2.00. The Morgan fingerprint density at radius 3 is 2.84 bits per heavy atom. The van der Waals surface area contributed by atoms with Crippen molar-refractivity contribution in [3.8, 4) is 0 Å². The number of carbonyl (C=O) groups excluding carboxylic acids is 3. The summed E-state index contributed by atoms with van der Waals surface area (Å²) >= 11 is 0. The van der Waals surface area contributed by atoms with Gasteiger partial charge in [0.25, 0.3) is 0 Å². The Morgan fingerprint density at radius 1 is 1.36 bits per heavy atom. The van der Waals surface area contributed by atoms with Gasteiger partial charge in [0.2, 0.25) is 0 Å². The first-order valence-corrected chi connectivity index (χ1v) is 8.68. The molecule has 0 aliphatic heterocycles. The van der Waals surface area contributed by atoms with E-state index in [-0.39, 0.29) is 18.4 Å². The smallest absolute Gasteiger partial charge is 0.161 e. The predicted octanol–water partition coefficient (Wildman–Crippen LogP) is 3.02. The topological polar surface area (TPSA) is 71.4 Å². The lowest BCUT2D eigenvalue weighted by molar-refractivity contribution is -0.167. The maximum Gasteiger partial charge on any atom is 0.161 e. The summed E-state index contributed by atoms with van der Waals surface area (Å²) in [5.74, 6) is -7.31. The summed E-state index contributed by atoms with van der Waals surface area (Å²) in [6, 6.07) is -0.851. The predicted molar refractivity (Wildman–Crippen MR) is 92.7 cm³/mol. The molecule has 1 N–H and O–H groups in total. The number of carbonyl (C=O) groups is 3. The summed E-state index contributed by atoms with van der Waals surface area (Å²) in [6.07, 6.45) is -6.68. The molecular weight excluding hydrogens is 316 g/mol. The van der Waals surface area contributed by atoms with Crippen molar-refractivity contribution in [3.05, 3.63) is 11.6 Å². The molecule has 3 fully saturated rings. The molecule has 0 saturated heterocycles. The van der Waals surface area contributed by atoms with Crippen LogP contribution in [0.15, 0.2) is 11.6 Å². The normalized spacial score (nSPS) is 62.3. The van der Waals surface area contributed by atoms with E-state index in [1.165, 1.54) is 13.8 Å². The molecule has 0 unspecified atom stereocenters. The summed E-state index contributed by atoms with van der Waals surface area (Å²) in [5, 5.41) is 11.4. The molecule has 0 heterocycles. The SMILES string of the molecule is [2H]C1=C2C([2H])([2H])C[C@H]3[C@@H]4CC[C@](O)(C(=O)C([2H])([2H])[2H])[C@@]4(C)CC(=O)[C@]3([2H])[C@@]2(C)CC([2H])([2H])C1=O. The lowest BCUT2D eigenvalue weighted by atomic mass is 9.46. The number of hydrogen-bond donors (Lipinski definition) is 1. The van der Waals surface area contributed by atoms with E-state index in [0.717, 1.165) is 0 Å². The van der Waals surface area contributed by atoms with Crippen molar-refractivity contribution in [1.29, 1.82) is 0 Å². The minimum atomic E-state index is -3.12. The Kier molecular flexibility index (Phi) is 1.96. The fourth-order valence-electron chi connectivity index (χ4n) is 5.69. The highest BCUT2D eigenvalue weighted by Crippen LogP contribution is 2.66. The zero-order chi connectivity index (χ0) is 26.1. The van der Waals surface area contributed by atoms with E-state index in [9.17, 15) is 20.9 Å². The first-order valence-electron chi connectivity index (χ1n) is 13.2. The Hall–Kier alpha value is -1.29. The lowest BCUT2D eigenvalue weighted by Crippen LogP contribution is -2.60. The van der Waals surface area contributed by atoms with Crippen LogP contribution in [-0.4, -0.2) is 28.1 Å². The van der Waals surface area contributed by atoms with Crippen LogP contribution in [0.25, 0.3) is 0 Å². The fraction of sp³-hybridized carbons (Fsp3) is 0.762. The first kappa shape index (κ1) is 9.59. The van der Waals surface area contributed by atoms with Crippen molar-refractivity contribution < 1.29 is 31.8 Å². The van der Waals surface area contributed by atoms with Gasteiger partial charge in [-0.2, -0.15) is 0 Å². The van der Waals surface area contributed by atoms with E-state index in [1.54, 1.807) is 0 Å². The average Bonchev–Trinajstić information content (AvgIpc) is 2.92. The van der Waals surface area contributed by atoms with Crippen LogP contribution in [0.1, 0.15) is 77.9 Å². The maximum absolute atomic E-state index is 13.8. The maximum atomic E-state index is 13.8. The lowest BCUT2D eigenvalue weighted by Gasteiger charge is -2.57. The number of hydrogen-bond acceptors (Lipinski definition) is 4. The zero-order valence-electron chi connectivity index (χ0n) is 23.4. The largest absolute Gasteiger partial charge is 0.381 e. The monoisotopic (exact) mass is 353 g/mol. The Balaban J connectivity index is 1.93. The van der Waals surface area contributed by atoms with Gasteiger partial charge in [0.15, 0.2) is 11.6 Å². The molecule has 4 aliphatic rings. The van der Waals surface area contributed by atoms with Crippen LogP contribution in [0.3, 0.4) is 0 Å². The van der Waals surface area contributed by atoms with Crippen LogP contribution in [-0.2, 0) is 14.4 Å². The molecule has 0 aromatic rings. The molecule has 3 saturated carbocycles. The average molecular weight is 354 g/mol. The van der Waals surface area contributed by atoms with E-state index < -0.39 is 96.4 Å². The van der Waals surface area contributed by atoms with Crippen LogP contribution < -0.4 is 0 Å². The molecule has 6 atom stereocenters. The van der Waals surface area contributed by atoms with Crippen molar-refractivity contribution in [2.75, 3.05) is 0 Å².